The van der Waals surface area contributed by atoms with Crippen LogP contribution in [0.25, 0.3) is 0 Å². The first-order chi connectivity index (χ1) is 10.1. The van der Waals surface area contributed by atoms with Gasteiger partial charge in [0.2, 0.25) is 0 Å². The zero-order valence-electron chi connectivity index (χ0n) is 12.6. The van der Waals surface area contributed by atoms with E-state index in [1.54, 1.807) is 9.80 Å². The molecule has 2 aliphatic heterocycles. The molecule has 0 radical (unpaired) electrons. The Morgan fingerprint density at radius 1 is 1.24 bits per heavy atom. The molecule has 1 atom stereocenters. The van der Waals surface area contributed by atoms with Gasteiger partial charge in [0.25, 0.3) is 0 Å². The zero-order chi connectivity index (χ0) is 15.0. The Hall–Kier alpha value is -1.88. The number of hydrogen-bond acceptors (Lipinski definition) is 3. The first-order valence-electron chi connectivity index (χ1n) is 7.43. The predicted molar refractivity (Wildman–Crippen MR) is 79.7 cm³/mol. The van der Waals surface area contributed by atoms with Gasteiger partial charge in [-0.2, -0.15) is 0 Å². The van der Waals surface area contributed by atoms with Gasteiger partial charge >= 0.3 is 11.8 Å². The Labute approximate surface area is 124 Å². The summed E-state index contributed by atoms with van der Waals surface area (Å²) >= 11 is 0. The summed E-state index contributed by atoms with van der Waals surface area (Å²) in [6.45, 7) is 7.38. The highest BCUT2D eigenvalue weighted by Gasteiger charge is 2.39. The smallest absolute Gasteiger partial charge is 0.312 e. The van der Waals surface area contributed by atoms with E-state index >= 15 is 0 Å². The Bertz CT molecular complexity index is 585. The molecule has 0 aromatic heterocycles. The molecule has 0 aliphatic carbocycles. The van der Waals surface area contributed by atoms with Gasteiger partial charge in [0.05, 0.1) is 6.04 Å². The number of carbonyl (C=O) groups excluding carboxylic acids is 2. The van der Waals surface area contributed by atoms with E-state index in [1.165, 1.54) is 5.56 Å². The van der Waals surface area contributed by atoms with Crippen molar-refractivity contribution in [2.75, 3.05) is 26.2 Å². The van der Waals surface area contributed by atoms with Crippen molar-refractivity contribution in [2.24, 2.45) is 0 Å². The van der Waals surface area contributed by atoms with E-state index < -0.39 is 0 Å². The van der Waals surface area contributed by atoms with E-state index in [1.807, 2.05) is 13.8 Å². The number of amides is 2. The Morgan fingerprint density at radius 3 is 2.86 bits per heavy atom. The van der Waals surface area contributed by atoms with Crippen molar-refractivity contribution in [3.8, 4) is 0 Å². The molecule has 1 aromatic rings. The second-order valence-electron chi connectivity index (χ2n) is 5.97. The highest BCUT2D eigenvalue weighted by Crippen LogP contribution is 2.19. The number of carbonyl (C=O) groups is 2. The van der Waals surface area contributed by atoms with Crippen molar-refractivity contribution in [1.82, 2.24) is 15.1 Å². The molecule has 2 saturated heterocycles. The summed E-state index contributed by atoms with van der Waals surface area (Å²) in [6.07, 6.45) is 0. The van der Waals surface area contributed by atoms with Gasteiger partial charge in [0.15, 0.2) is 0 Å². The maximum atomic E-state index is 12.3. The minimum absolute atomic E-state index is 0.106. The summed E-state index contributed by atoms with van der Waals surface area (Å²) in [5, 5.41) is 3.29. The van der Waals surface area contributed by atoms with Crippen molar-refractivity contribution in [2.45, 2.75) is 26.4 Å². The molecule has 0 saturated carbocycles. The molecule has 0 bridgehead atoms. The molecule has 0 spiro atoms. The summed E-state index contributed by atoms with van der Waals surface area (Å²) in [4.78, 5) is 27.9. The fourth-order valence-electron chi connectivity index (χ4n) is 3.10. The zero-order valence-corrected chi connectivity index (χ0v) is 12.6. The van der Waals surface area contributed by atoms with Crippen LogP contribution in [-0.4, -0.2) is 53.8 Å². The molecule has 5 nitrogen and oxygen atoms in total. The lowest BCUT2D eigenvalue weighted by Crippen LogP contribution is -2.65. The molecule has 112 valence electrons. The number of piperazine rings is 2. The number of nitrogens with one attached hydrogen (secondary N) is 1. The van der Waals surface area contributed by atoms with Gasteiger partial charge in [0, 0.05) is 32.7 Å². The van der Waals surface area contributed by atoms with Crippen molar-refractivity contribution in [3.63, 3.8) is 0 Å². The largest absolute Gasteiger partial charge is 0.328 e. The van der Waals surface area contributed by atoms with Crippen LogP contribution in [0.3, 0.4) is 0 Å². The maximum Gasteiger partial charge on any atom is 0.312 e. The summed E-state index contributed by atoms with van der Waals surface area (Å²) in [5.74, 6) is -0.716. The van der Waals surface area contributed by atoms with Gasteiger partial charge in [0.1, 0.15) is 0 Å². The van der Waals surface area contributed by atoms with Gasteiger partial charge in [-0.25, -0.2) is 0 Å². The minimum Gasteiger partial charge on any atom is -0.328 e. The molecular formula is C16H21N3O2. The Kier molecular flexibility index (Phi) is 3.68. The lowest BCUT2D eigenvalue weighted by atomic mass is 10.0. The second kappa shape index (κ2) is 5.48. The van der Waals surface area contributed by atoms with Crippen LogP contribution in [0.5, 0.6) is 0 Å². The van der Waals surface area contributed by atoms with E-state index in [-0.39, 0.29) is 17.9 Å². The van der Waals surface area contributed by atoms with Gasteiger partial charge in [-0.3, -0.25) is 9.59 Å². The SMILES string of the molecule is Cc1ccc(C)c(CN2CC3CNCCN3C(=O)C2=O)c1. The normalized spacial score (nSPS) is 22.5. The van der Waals surface area contributed by atoms with Gasteiger partial charge in [-0.15, -0.1) is 0 Å². The highest BCUT2D eigenvalue weighted by molar-refractivity contribution is 6.35. The second-order valence-corrected chi connectivity index (χ2v) is 5.97. The summed E-state index contributed by atoms with van der Waals surface area (Å²) < 4.78 is 0. The maximum absolute atomic E-state index is 12.3. The molecule has 1 aromatic carbocycles. The van der Waals surface area contributed by atoms with E-state index in [4.69, 9.17) is 0 Å². The van der Waals surface area contributed by atoms with Crippen LogP contribution in [0.1, 0.15) is 16.7 Å². The van der Waals surface area contributed by atoms with Gasteiger partial charge in [-0.1, -0.05) is 23.8 Å². The third-order valence-corrected chi connectivity index (χ3v) is 4.38. The Morgan fingerprint density at radius 2 is 2.05 bits per heavy atom. The fourth-order valence-corrected chi connectivity index (χ4v) is 3.10. The van der Waals surface area contributed by atoms with E-state index in [2.05, 4.69) is 23.5 Å². The third kappa shape index (κ3) is 2.65. The average Bonchev–Trinajstić information content (AvgIpc) is 2.48. The molecule has 1 N–H and O–H groups in total. The summed E-state index contributed by atoms with van der Waals surface area (Å²) in [5.41, 5.74) is 3.45. The van der Waals surface area contributed by atoms with Crippen LogP contribution in [0.15, 0.2) is 18.2 Å². The minimum atomic E-state index is -0.367. The quantitative estimate of drug-likeness (QED) is 0.803. The van der Waals surface area contributed by atoms with Crippen LogP contribution in [0.4, 0.5) is 0 Å². The van der Waals surface area contributed by atoms with E-state index in [0.717, 1.165) is 24.2 Å². The first kappa shape index (κ1) is 14.1. The summed E-state index contributed by atoms with van der Waals surface area (Å²) in [7, 11) is 0. The highest BCUT2D eigenvalue weighted by atomic mass is 16.2. The monoisotopic (exact) mass is 287 g/mol. The topological polar surface area (TPSA) is 52.6 Å². The van der Waals surface area contributed by atoms with Crippen molar-refractivity contribution < 1.29 is 9.59 Å². The number of fused-ring (bicyclic) bond motifs is 1. The lowest BCUT2D eigenvalue weighted by Gasteiger charge is -2.43. The van der Waals surface area contributed by atoms with E-state index in [9.17, 15) is 9.59 Å². The molecule has 2 heterocycles. The molecule has 1 unspecified atom stereocenters. The molecule has 3 rings (SSSR count). The molecule has 21 heavy (non-hydrogen) atoms. The molecular weight excluding hydrogens is 266 g/mol. The van der Waals surface area contributed by atoms with Crippen molar-refractivity contribution in [3.05, 3.63) is 34.9 Å². The Balaban J connectivity index is 1.80. The van der Waals surface area contributed by atoms with Crippen LogP contribution in [-0.2, 0) is 16.1 Å². The number of hydrogen-bond donors (Lipinski definition) is 1. The predicted octanol–water partition coefficient (Wildman–Crippen LogP) is 0.446. The van der Waals surface area contributed by atoms with Crippen molar-refractivity contribution in [1.29, 1.82) is 0 Å². The third-order valence-electron chi connectivity index (χ3n) is 4.38. The molecule has 2 aliphatic rings. The van der Waals surface area contributed by atoms with Crippen LogP contribution < -0.4 is 5.32 Å². The average molecular weight is 287 g/mol. The first-order valence-corrected chi connectivity index (χ1v) is 7.43. The van der Waals surface area contributed by atoms with Crippen LogP contribution in [0.2, 0.25) is 0 Å². The van der Waals surface area contributed by atoms with Gasteiger partial charge in [-0.05, 0) is 25.0 Å². The number of nitrogens with zero attached hydrogens (tertiary/aromatic N) is 2. The molecule has 2 amide bonds. The number of benzene rings is 1. The number of rotatable bonds is 2. The fraction of sp³-hybridized carbons (Fsp3) is 0.500. The van der Waals surface area contributed by atoms with Crippen LogP contribution in [0, 0.1) is 13.8 Å². The van der Waals surface area contributed by atoms with E-state index in [0.29, 0.717) is 19.6 Å². The van der Waals surface area contributed by atoms with Gasteiger partial charge < -0.3 is 15.1 Å². The number of aryl methyl sites for hydroxylation is 2. The lowest BCUT2D eigenvalue weighted by molar-refractivity contribution is -0.160. The standard InChI is InChI=1S/C16H21N3O2/c1-11-3-4-12(2)13(7-11)9-18-10-14-8-17-5-6-19(14)16(21)15(18)20/h3-4,7,14,17H,5-6,8-10H2,1-2H3. The van der Waals surface area contributed by atoms with Crippen LogP contribution >= 0.6 is 0 Å². The van der Waals surface area contributed by atoms with Crippen molar-refractivity contribution >= 4 is 11.8 Å². The summed E-state index contributed by atoms with van der Waals surface area (Å²) in [6, 6.07) is 6.33. The molecule has 5 heteroatoms. The molecule has 2 fully saturated rings.